The molecule has 1 N–H and O–H groups in total. The van der Waals surface area contributed by atoms with Crippen LogP contribution in [0.1, 0.15) is 20.3 Å². The van der Waals surface area contributed by atoms with Gasteiger partial charge in [-0.3, -0.25) is 9.59 Å². The molecule has 0 unspecified atom stereocenters. The summed E-state index contributed by atoms with van der Waals surface area (Å²) in [7, 11) is 1.58. The second-order valence-corrected chi connectivity index (χ2v) is 4.66. The van der Waals surface area contributed by atoms with Crippen molar-refractivity contribution in [3.63, 3.8) is 0 Å². The number of hydrogen-bond donors (Lipinski definition) is 1. The first-order valence-electron chi connectivity index (χ1n) is 5.99. The summed E-state index contributed by atoms with van der Waals surface area (Å²) < 4.78 is 2.77. The van der Waals surface area contributed by atoms with Gasteiger partial charge in [-0.25, -0.2) is 0 Å². The van der Waals surface area contributed by atoms with Gasteiger partial charge in [0, 0.05) is 26.0 Å². The molecule has 0 spiro atoms. The molecule has 0 saturated carbocycles. The fraction of sp³-hybridized carbons (Fsp3) is 0.667. The Balaban J connectivity index is 2.46. The first-order valence-corrected chi connectivity index (χ1v) is 5.99. The fourth-order valence-corrected chi connectivity index (χ4v) is 1.53. The molecule has 0 amide bonds. The molecule has 0 saturated heterocycles. The van der Waals surface area contributed by atoms with Gasteiger partial charge in [-0.2, -0.15) is 0 Å². The Morgan fingerprint density at radius 3 is 2.59 bits per heavy atom. The van der Waals surface area contributed by atoms with Crippen molar-refractivity contribution in [2.45, 2.75) is 26.8 Å². The van der Waals surface area contributed by atoms with E-state index in [1.807, 2.05) is 0 Å². The van der Waals surface area contributed by atoms with Crippen LogP contribution in [-0.2, 0) is 13.6 Å². The van der Waals surface area contributed by atoms with Crippen molar-refractivity contribution in [3.8, 4) is 0 Å². The predicted molar refractivity (Wildman–Crippen MR) is 68.3 cm³/mol. The van der Waals surface area contributed by atoms with Crippen molar-refractivity contribution in [2.75, 3.05) is 13.1 Å². The maximum atomic E-state index is 11.6. The molecule has 1 aromatic heterocycles. The monoisotopic (exact) mass is 239 g/mol. The lowest BCUT2D eigenvalue weighted by molar-refractivity contribution is 0.514. The van der Waals surface area contributed by atoms with Crippen molar-refractivity contribution in [3.05, 3.63) is 33.1 Å². The van der Waals surface area contributed by atoms with Gasteiger partial charge in [0.1, 0.15) is 0 Å². The Labute approximate surface area is 101 Å². The minimum Gasteiger partial charge on any atom is -0.316 e. The number of nitrogens with one attached hydrogen (secondary N) is 1. The maximum absolute atomic E-state index is 11.6. The van der Waals surface area contributed by atoms with Gasteiger partial charge in [0.05, 0.1) is 0 Å². The van der Waals surface area contributed by atoms with Crippen LogP contribution in [0.2, 0.25) is 0 Å². The van der Waals surface area contributed by atoms with Gasteiger partial charge in [0.15, 0.2) is 0 Å². The van der Waals surface area contributed by atoms with Gasteiger partial charge >= 0.3 is 11.1 Å². The molecule has 0 atom stereocenters. The Bertz CT molecular complexity index is 460. The molecular weight excluding hydrogens is 218 g/mol. The lowest BCUT2D eigenvalue weighted by Crippen LogP contribution is -2.39. The second-order valence-electron chi connectivity index (χ2n) is 4.66. The summed E-state index contributed by atoms with van der Waals surface area (Å²) in [6.45, 7) is 6.72. The predicted octanol–water partition coefficient (Wildman–Crippen LogP) is 0.183. The smallest absolute Gasteiger partial charge is 0.316 e. The zero-order chi connectivity index (χ0) is 12.8. The highest BCUT2D eigenvalue weighted by molar-refractivity contribution is 4.84. The van der Waals surface area contributed by atoms with Gasteiger partial charge in [-0.1, -0.05) is 13.8 Å². The van der Waals surface area contributed by atoms with E-state index >= 15 is 0 Å². The molecule has 96 valence electrons. The van der Waals surface area contributed by atoms with Gasteiger partial charge in [0.25, 0.3) is 0 Å². The first kappa shape index (κ1) is 13.7. The quantitative estimate of drug-likeness (QED) is 0.569. The van der Waals surface area contributed by atoms with Crippen molar-refractivity contribution in [2.24, 2.45) is 13.0 Å². The van der Waals surface area contributed by atoms with E-state index in [4.69, 9.17) is 0 Å². The molecule has 5 heteroatoms. The summed E-state index contributed by atoms with van der Waals surface area (Å²) in [5.41, 5.74) is -0.915. The molecule has 0 aromatic carbocycles. The fourth-order valence-electron chi connectivity index (χ4n) is 1.53. The third-order valence-corrected chi connectivity index (χ3v) is 2.54. The van der Waals surface area contributed by atoms with Gasteiger partial charge in [-0.05, 0) is 25.4 Å². The Morgan fingerprint density at radius 1 is 1.24 bits per heavy atom. The van der Waals surface area contributed by atoms with Crippen molar-refractivity contribution >= 4 is 0 Å². The molecule has 0 aliphatic carbocycles. The van der Waals surface area contributed by atoms with E-state index in [9.17, 15) is 9.59 Å². The number of aryl methyl sites for hydroxylation is 2. The summed E-state index contributed by atoms with van der Waals surface area (Å²) in [4.78, 5) is 23.0. The average Bonchev–Trinajstić information content (AvgIpc) is 2.28. The Kier molecular flexibility index (Phi) is 5.15. The molecule has 1 aromatic rings. The van der Waals surface area contributed by atoms with E-state index in [2.05, 4.69) is 19.2 Å². The third-order valence-electron chi connectivity index (χ3n) is 2.54. The summed E-state index contributed by atoms with van der Waals surface area (Å²) in [6.07, 6.45) is 4.12. The molecule has 1 heterocycles. The normalized spacial score (nSPS) is 11.1. The van der Waals surface area contributed by atoms with Crippen LogP contribution in [0.3, 0.4) is 0 Å². The van der Waals surface area contributed by atoms with Crippen LogP contribution < -0.4 is 16.4 Å². The van der Waals surface area contributed by atoms with E-state index in [0.717, 1.165) is 19.5 Å². The summed E-state index contributed by atoms with van der Waals surface area (Å²) in [6, 6.07) is 0. The Morgan fingerprint density at radius 2 is 1.94 bits per heavy atom. The maximum Gasteiger partial charge on any atom is 0.316 e. The molecule has 0 radical (unpaired) electrons. The number of aromatic nitrogens is 2. The lowest BCUT2D eigenvalue weighted by atomic mass is 10.2. The third kappa shape index (κ3) is 4.19. The minimum atomic E-state index is -0.470. The number of rotatable bonds is 6. The standard InChI is InChI=1S/C12H21N3O2/c1-10(2)9-13-5-4-6-15-8-7-14(3)11(16)12(15)17/h7-8,10,13H,4-6,9H2,1-3H3. The van der Waals surface area contributed by atoms with E-state index in [1.165, 1.54) is 9.13 Å². The van der Waals surface area contributed by atoms with Crippen LogP contribution in [0, 0.1) is 5.92 Å². The van der Waals surface area contributed by atoms with Crippen LogP contribution in [0.5, 0.6) is 0 Å². The van der Waals surface area contributed by atoms with Gasteiger partial charge in [-0.15, -0.1) is 0 Å². The average molecular weight is 239 g/mol. The second kappa shape index (κ2) is 6.39. The summed E-state index contributed by atoms with van der Waals surface area (Å²) in [5.74, 6) is 0.627. The SMILES string of the molecule is CC(C)CNCCCn1ccn(C)c(=O)c1=O. The highest BCUT2D eigenvalue weighted by atomic mass is 16.2. The van der Waals surface area contributed by atoms with Crippen LogP contribution in [0.15, 0.2) is 22.0 Å². The number of hydrogen-bond acceptors (Lipinski definition) is 3. The molecule has 1 rings (SSSR count). The van der Waals surface area contributed by atoms with Crippen molar-refractivity contribution in [1.82, 2.24) is 14.5 Å². The zero-order valence-corrected chi connectivity index (χ0v) is 10.8. The van der Waals surface area contributed by atoms with Crippen molar-refractivity contribution in [1.29, 1.82) is 0 Å². The summed E-state index contributed by atoms with van der Waals surface area (Å²) >= 11 is 0. The number of nitrogens with zero attached hydrogens (tertiary/aromatic N) is 2. The lowest BCUT2D eigenvalue weighted by Gasteiger charge is -2.08. The topological polar surface area (TPSA) is 56.0 Å². The minimum absolute atomic E-state index is 0.446. The van der Waals surface area contributed by atoms with E-state index in [0.29, 0.717) is 12.5 Å². The molecular formula is C12H21N3O2. The molecule has 0 fully saturated rings. The highest BCUT2D eigenvalue weighted by Crippen LogP contribution is 1.88. The van der Waals surface area contributed by atoms with E-state index < -0.39 is 11.1 Å². The highest BCUT2D eigenvalue weighted by Gasteiger charge is 2.01. The van der Waals surface area contributed by atoms with Gasteiger partial charge < -0.3 is 14.5 Å². The van der Waals surface area contributed by atoms with E-state index in [1.54, 1.807) is 19.4 Å². The largest absolute Gasteiger partial charge is 0.316 e. The van der Waals surface area contributed by atoms with Crippen LogP contribution >= 0.6 is 0 Å². The zero-order valence-electron chi connectivity index (χ0n) is 10.8. The Hall–Kier alpha value is -1.36. The van der Waals surface area contributed by atoms with Crippen LogP contribution in [0.4, 0.5) is 0 Å². The van der Waals surface area contributed by atoms with Crippen LogP contribution in [-0.4, -0.2) is 22.2 Å². The molecule has 0 aliphatic heterocycles. The van der Waals surface area contributed by atoms with E-state index in [-0.39, 0.29) is 0 Å². The first-order chi connectivity index (χ1) is 8.02. The van der Waals surface area contributed by atoms with Crippen molar-refractivity contribution < 1.29 is 0 Å². The van der Waals surface area contributed by atoms with Crippen LogP contribution in [0.25, 0.3) is 0 Å². The summed E-state index contributed by atoms with van der Waals surface area (Å²) in [5, 5.41) is 3.30. The molecule has 0 bridgehead atoms. The molecule has 0 aliphatic rings. The van der Waals surface area contributed by atoms with Gasteiger partial charge in [0.2, 0.25) is 0 Å². The molecule has 5 nitrogen and oxygen atoms in total. The molecule has 17 heavy (non-hydrogen) atoms.